The van der Waals surface area contributed by atoms with E-state index in [9.17, 15) is 0 Å². The maximum atomic E-state index is 8.93. The molecule has 6 heteroatoms. The van der Waals surface area contributed by atoms with E-state index < -0.39 is 0 Å². The maximum Gasteiger partial charge on any atom is 0.0558 e. The number of rotatable bonds is 17. The SMILES string of the molecule is OCCN(CCO)CCCCCCCCN(CCO)CCO. The highest BCUT2D eigenvalue weighted by Gasteiger charge is 2.04. The van der Waals surface area contributed by atoms with Gasteiger partial charge in [0, 0.05) is 26.2 Å². The van der Waals surface area contributed by atoms with Gasteiger partial charge in [0.25, 0.3) is 0 Å². The Balaban J connectivity index is 3.44. The number of hydrogen-bond acceptors (Lipinski definition) is 6. The first kappa shape index (κ1) is 21.8. The highest BCUT2D eigenvalue weighted by atomic mass is 16.3. The third-order valence-electron chi connectivity index (χ3n) is 3.86. The van der Waals surface area contributed by atoms with E-state index in [-0.39, 0.29) is 26.4 Å². The maximum absolute atomic E-state index is 8.93. The standard InChI is InChI=1S/C16H36N2O4/c19-13-9-17(10-14-20)7-5-3-1-2-4-6-8-18(11-15-21)12-16-22/h19-22H,1-16H2. The molecule has 0 heterocycles. The van der Waals surface area contributed by atoms with E-state index in [1.807, 2.05) is 0 Å². The van der Waals surface area contributed by atoms with Crippen LogP contribution < -0.4 is 0 Å². The number of nitrogens with zero attached hydrogens (tertiary/aromatic N) is 2. The van der Waals surface area contributed by atoms with Crippen molar-refractivity contribution in [2.45, 2.75) is 38.5 Å². The molecule has 6 nitrogen and oxygen atoms in total. The Morgan fingerprint density at radius 2 is 0.636 bits per heavy atom. The Hall–Kier alpha value is -0.240. The van der Waals surface area contributed by atoms with Crippen LogP contribution in [0.25, 0.3) is 0 Å². The molecule has 0 aliphatic heterocycles. The van der Waals surface area contributed by atoms with Crippen molar-refractivity contribution in [1.82, 2.24) is 9.80 Å². The summed E-state index contributed by atoms with van der Waals surface area (Å²) in [6, 6.07) is 0. The van der Waals surface area contributed by atoms with Gasteiger partial charge in [-0.2, -0.15) is 0 Å². The molecule has 0 bridgehead atoms. The minimum absolute atomic E-state index is 0.151. The molecule has 0 amide bonds. The van der Waals surface area contributed by atoms with E-state index in [1.54, 1.807) is 0 Å². The summed E-state index contributed by atoms with van der Waals surface area (Å²) >= 11 is 0. The van der Waals surface area contributed by atoms with E-state index in [1.165, 1.54) is 25.7 Å². The molecule has 0 radical (unpaired) electrons. The van der Waals surface area contributed by atoms with Crippen LogP contribution in [0.3, 0.4) is 0 Å². The van der Waals surface area contributed by atoms with Crippen LogP contribution >= 0.6 is 0 Å². The fourth-order valence-corrected chi connectivity index (χ4v) is 2.61. The molecule has 0 unspecified atom stereocenters. The van der Waals surface area contributed by atoms with Gasteiger partial charge in [0.2, 0.25) is 0 Å². The summed E-state index contributed by atoms with van der Waals surface area (Å²) in [6.45, 7) is 5.08. The first-order valence-electron chi connectivity index (χ1n) is 8.66. The van der Waals surface area contributed by atoms with Crippen LogP contribution in [0.4, 0.5) is 0 Å². The van der Waals surface area contributed by atoms with Gasteiger partial charge < -0.3 is 20.4 Å². The average molecular weight is 320 g/mol. The Morgan fingerprint density at radius 3 is 0.909 bits per heavy atom. The van der Waals surface area contributed by atoms with Crippen LogP contribution in [-0.4, -0.2) is 95.9 Å². The predicted molar refractivity (Wildman–Crippen MR) is 88.9 cm³/mol. The first-order valence-corrected chi connectivity index (χ1v) is 8.66. The van der Waals surface area contributed by atoms with Gasteiger partial charge in [0.05, 0.1) is 26.4 Å². The molecule has 134 valence electrons. The zero-order chi connectivity index (χ0) is 16.5. The zero-order valence-electron chi connectivity index (χ0n) is 14.0. The average Bonchev–Trinajstić information content (AvgIpc) is 2.50. The molecule has 0 rings (SSSR count). The van der Waals surface area contributed by atoms with Crippen molar-refractivity contribution in [3.8, 4) is 0 Å². The largest absolute Gasteiger partial charge is 0.395 e. The lowest BCUT2D eigenvalue weighted by atomic mass is 10.1. The lowest BCUT2D eigenvalue weighted by molar-refractivity contribution is 0.157. The van der Waals surface area contributed by atoms with Crippen LogP contribution in [-0.2, 0) is 0 Å². The minimum atomic E-state index is 0.151. The van der Waals surface area contributed by atoms with Gasteiger partial charge in [-0.15, -0.1) is 0 Å². The van der Waals surface area contributed by atoms with Crippen LogP contribution in [0.2, 0.25) is 0 Å². The third kappa shape index (κ3) is 13.4. The van der Waals surface area contributed by atoms with Crippen molar-refractivity contribution >= 4 is 0 Å². The Morgan fingerprint density at radius 1 is 0.364 bits per heavy atom. The fraction of sp³-hybridized carbons (Fsp3) is 1.00. The van der Waals surface area contributed by atoms with Crippen molar-refractivity contribution in [1.29, 1.82) is 0 Å². The summed E-state index contributed by atoms with van der Waals surface area (Å²) in [5.74, 6) is 0. The monoisotopic (exact) mass is 320 g/mol. The highest BCUT2D eigenvalue weighted by Crippen LogP contribution is 2.07. The Kier molecular flexibility index (Phi) is 16.9. The summed E-state index contributed by atoms with van der Waals surface area (Å²) in [6.07, 6.45) is 7.02. The van der Waals surface area contributed by atoms with Crippen molar-refractivity contribution in [3.63, 3.8) is 0 Å². The summed E-state index contributed by atoms with van der Waals surface area (Å²) in [5, 5.41) is 35.7. The van der Waals surface area contributed by atoms with Crippen molar-refractivity contribution in [2.24, 2.45) is 0 Å². The molecule has 0 aromatic carbocycles. The zero-order valence-corrected chi connectivity index (χ0v) is 14.0. The second-order valence-electron chi connectivity index (χ2n) is 5.70. The van der Waals surface area contributed by atoms with Gasteiger partial charge in [-0.25, -0.2) is 0 Å². The number of aliphatic hydroxyl groups is 4. The lowest BCUT2D eigenvalue weighted by Crippen LogP contribution is -2.31. The molecule has 22 heavy (non-hydrogen) atoms. The highest BCUT2D eigenvalue weighted by molar-refractivity contribution is 4.59. The summed E-state index contributed by atoms with van der Waals surface area (Å²) < 4.78 is 0. The smallest absolute Gasteiger partial charge is 0.0558 e. The molecule has 0 spiro atoms. The molecule has 0 saturated carbocycles. The van der Waals surface area contributed by atoms with E-state index in [4.69, 9.17) is 20.4 Å². The first-order chi connectivity index (χ1) is 10.8. The quantitative estimate of drug-likeness (QED) is 0.280. The molecule has 0 aromatic rings. The number of aliphatic hydroxyl groups excluding tert-OH is 4. The molecule has 0 aromatic heterocycles. The fourth-order valence-electron chi connectivity index (χ4n) is 2.61. The van der Waals surface area contributed by atoms with Crippen molar-refractivity contribution in [3.05, 3.63) is 0 Å². The molecule has 4 N–H and O–H groups in total. The van der Waals surface area contributed by atoms with Gasteiger partial charge in [0.15, 0.2) is 0 Å². The van der Waals surface area contributed by atoms with Crippen LogP contribution in [0.1, 0.15) is 38.5 Å². The summed E-state index contributed by atoms with van der Waals surface area (Å²) in [7, 11) is 0. The molecule has 0 saturated heterocycles. The molecular weight excluding hydrogens is 284 g/mol. The molecule has 0 atom stereocenters. The molecule has 0 aliphatic rings. The molecule has 0 aliphatic carbocycles. The van der Waals surface area contributed by atoms with Gasteiger partial charge >= 0.3 is 0 Å². The van der Waals surface area contributed by atoms with E-state index in [0.29, 0.717) is 26.2 Å². The van der Waals surface area contributed by atoms with Gasteiger partial charge in [-0.05, 0) is 25.9 Å². The van der Waals surface area contributed by atoms with E-state index in [0.717, 1.165) is 25.9 Å². The van der Waals surface area contributed by atoms with Crippen molar-refractivity contribution in [2.75, 3.05) is 65.7 Å². The molecular formula is C16H36N2O4. The van der Waals surface area contributed by atoms with Crippen LogP contribution in [0.5, 0.6) is 0 Å². The Labute approximate surface area is 135 Å². The normalized spacial score (nSPS) is 11.7. The van der Waals surface area contributed by atoms with Crippen LogP contribution in [0.15, 0.2) is 0 Å². The van der Waals surface area contributed by atoms with Crippen molar-refractivity contribution < 1.29 is 20.4 Å². The summed E-state index contributed by atoms with van der Waals surface area (Å²) in [5.41, 5.74) is 0. The minimum Gasteiger partial charge on any atom is -0.395 e. The lowest BCUT2D eigenvalue weighted by Gasteiger charge is -2.20. The number of hydrogen-bond donors (Lipinski definition) is 4. The predicted octanol–water partition coefficient (Wildman–Crippen LogP) is -0.0998. The van der Waals surface area contributed by atoms with Gasteiger partial charge in [0.1, 0.15) is 0 Å². The summed E-state index contributed by atoms with van der Waals surface area (Å²) in [4.78, 5) is 4.20. The van der Waals surface area contributed by atoms with Crippen LogP contribution in [0, 0.1) is 0 Å². The Bertz CT molecular complexity index is 186. The molecule has 0 fully saturated rings. The third-order valence-corrected chi connectivity index (χ3v) is 3.86. The van der Waals surface area contributed by atoms with E-state index in [2.05, 4.69) is 9.80 Å². The topological polar surface area (TPSA) is 87.4 Å². The number of unbranched alkanes of at least 4 members (excludes halogenated alkanes) is 5. The van der Waals surface area contributed by atoms with Gasteiger partial charge in [-0.1, -0.05) is 25.7 Å². The second kappa shape index (κ2) is 17.1. The van der Waals surface area contributed by atoms with Gasteiger partial charge in [-0.3, -0.25) is 9.80 Å². The van der Waals surface area contributed by atoms with E-state index >= 15 is 0 Å². The second-order valence-corrected chi connectivity index (χ2v) is 5.70.